The fourth-order valence-corrected chi connectivity index (χ4v) is 3.23. The van der Waals surface area contributed by atoms with Crippen LogP contribution in [0.1, 0.15) is 38.6 Å². The number of nitrogens with one attached hydrogen (secondary N) is 1. The molecule has 4 rings (SSSR count). The summed E-state index contributed by atoms with van der Waals surface area (Å²) in [4.78, 5) is 24.2. The van der Waals surface area contributed by atoms with Crippen molar-refractivity contribution in [1.82, 2.24) is 0 Å². The Balaban J connectivity index is 1.60. The van der Waals surface area contributed by atoms with Gasteiger partial charge in [-0.25, -0.2) is 0 Å². The third-order valence-corrected chi connectivity index (χ3v) is 4.77. The fraction of sp³-hybridized carbons (Fsp3) is 0.143. The van der Waals surface area contributed by atoms with E-state index in [0.29, 0.717) is 22.7 Å². The van der Waals surface area contributed by atoms with Gasteiger partial charge in [-0.3, -0.25) is 9.59 Å². The summed E-state index contributed by atoms with van der Waals surface area (Å²) in [6, 6.07) is 19.1. The first-order valence-electron chi connectivity index (χ1n) is 8.31. The molecule has 3 aromatic carbocycles. The molecule has 4 nitrogen and oxygen atoms in total. The molecule has 0 aliphatic heterocycles. The van der Waals surface area contributed by atoms with Gasteiger partial charge in [-0.1, -0.05) is 42.5 Å². The first kappa shape index (κ1) is 15.5. The van der Waals surface area contributed by atoms with Gasteiger partial charge >= 0.3 is 0 Å². The van der Waals surface area contributed by atoms with Gasteiger partial charge in [0.2, 0.25) is 0 Å². The highest BCUT2D eigenvalue weighted by molar-refractivity contribution is 6.14. The molecule has 1 aliphatic carbocycles. The predicted molar refractivity (Wildman–Crippen MR) is 99.1 cm³/mol. The molecule has 3 aromatic rings. The number of hydrogen-bond donors (Lipinski definition) is 2. The lowest BCUT2D eigenvalue weighted by molar-refractivity contribution is 0.101. The number of carbonyl (C=O) groups excluding carboxylic acids is 2. The van der Waals surface area contributed by atoms with Gasteiger partial charge in [0, 0.05) is 23.2 Å². The molecule has 25 heavy (non-hydrogen) atoms. The number of nitrogens with two attached hydrogens (primary N) is 1. The Kier molecular flexibility index (Phi) is 3.82. The molecule has 0 spiro atoms. The smallest absolute Gasteiger partial charge is 0.256 e. The van der Waals surface area contributed by atoms with Crippen LogP contribution in [0.15, 0.2) is 60.7 Å². The number of carbonyl (C=O) groups is 2. The zero-order valence-electron chi connectivity index (χ0n) is 13.6. The normalized spacial score (nSPS) is 18.8. The molecule has 1 fully saturated rings. The molecule has 0 aromatic heterocycles. The van der Waals surface area contributed by atoms with Gasteiger partial charge in [-0.15, -0.1) is 0 Å². The van der Waals surface area contributed by atoms with Crippen molar-refractivity contribution in [2.75, 3.05) is 5.32 Å². The van der Waals surface area contributed by atoms with Gasteiger partial charge in [0.25, 0.3) is 5.91 Å². The summed E-state index contributed by atoms with van der Waals surface area (Å²) in [5.41, 5.74) is 8.56. The standard InChI is InChI=1S/C21H18N2O2/c22-20-11-18(20)14-5-8-15(9-6-14)23-21(25)17-10-7-13-3-1-2-4-16(13)19(17)12-24/h1-10,12,18,20H,11,22H2,(H,23,25). The zero-order chi connectivity index (χ0) is 17.4. The van der Waals surface area contributed by atoms with Crippen molar-refractivity contribution >= 4 is 28.7 Å². The molecule has 0 bridgehead atoms. The van der Waals surface area contributed by atoms with Crippen LogP contribution in [0.2, 0.25) is 0 Å². The highest BCUT2D eigenvalue weighted by Crippen LogP contribution is 2.39. The Hall–Kier alpha value is -2.98. The molecule has 124 valence electrons. The SMILES string of the molecule is NC1CC1c1ccc(NC(=O)c2ccc3ccccc3c2C=O)cc1. The van der Waals surface area contributed by atoms with E-state index in [0.717, 1.165) is 23.5 Å². The predicted octanol–water partition coefficient (Wildman–Crippen LogP) is 3.72. The maximum atomic E-state index is 12.6. The summed E-state index contributed by atoms with van der Waals surface area (Å²) in [7, 11) is 0. The monoisotopic (exact) mass is 330 g/mol. The number of anilines is 1. The lowest BCUT2D eigenvalue weighted by Gasteiger charge is -2.10. The molecule has 1 saturated carbocycles. The Labute approximate surface area is 145 Å². The van der Waals surface area contributed by atoms with E-state index in [2.05, 4.69) is 5.32 Å². The first-order chi connectivity index (χ1) is 12.2. The minimum absolute atomic E-state index is 0.258. The number of rotatable bonds is 4. The van der Waals surface area contributed by atoms with Crippen LogP contribution < -0.4 is 11.1 Å². The molecule has 2 atom stereocenters. The van der Waals surface area contributed by atoms with Crippen molar-refractivity contribution < 1.29 is 9.59 Å². The van der Waals surface area contributed by atoms with Crippen LogP contribution in [0.25, 0.3) is 10.8 Å². The summed E-state index contributed by atoms with van der Waals surface area (Å²) < 4.78 is 0. The van der Waals surface area contributed by atoms with Crippen molar-refractivity contribution in [3.63, 3.8) is 0 Å². The molecule has 1 amide bonds. The van der Waals surface area contributed by atoms with Crippen LogP contribution in [-0.4, -0.2) is 18.2 Å². The summed E-state index contributed by atoms with van der Waals surface area (Å²) in [5, 5.41) is 4.58. The van der Waals surface area contributed by atoms with Crippen LogP contribution in [0, 0.1) is 0 Å². The van der Waals surface area contributed by atoms with E-state index in [1.54, 1.807) is 6.07 Å². The van der Waals surface area contributed by atoms with Crippen molar-refractivity contribution in [2.24, 2.45) is 5.73 Å². The van der Waals surface area contributed by atoms with Gasteiger partial charge < -0.3 is 11.1 Å². The van der Waals surface area contributed by atoms with Crippen molar-refractivity contribution in [3.8, 4) is 0 Å². The Morgan fingerprint density at radius 3 is 2.44 bits per heavy atom. The Bertz CT molecular complexity index is 963. The van der Waals surface area contributed by atoms with Crippen LogP contribution in [0.5, 0.6) is 0 Å². The third kappa shape index (κ3) is 2.92. The van der Waals surface area contributed by atoms with E-state index < -0.39 is 0 Å². The number of amides is 1. The molecule has 1 aliphatic rings. The molecule has 2 unspecified atom stereocenters. The minimum atomic E-state index is -0.288. The average molecular weight is 330 g/mol. The molecular formula is C21H18N2O2. The maximum absolute atomic E-state index is 12.6. The van der Waals surface area contributed by atoms with Gasteiger partial charge in [0.15, 0.2) is 6.29 Å². The number of hydrogen-bond acceptors (Lipinski definition) is 3. The van der Waals surface area contributed by atoms with E-state index in [9.17, 15) is 9.59 Å². The zero-order valence-corrected chi connectivity index (χ0v) is 13.6. The fourth-order valence-electron chi connectivity index (χ4n) is 3.23. The Morgan fingerprint density at radius 2 is 1.76 bits per heavy atom. The summed E-state index contributed by atoms with van der Waals surface area (Å²) >= 11 is 0. The van der Waals surface area contributed by atoms with Gasteiger partial charge in [-0.2, -0.15) is 0 Å². The molecule has 0 saturated heterocycles. The second-order valence-electron chi connectivity index (χ2n) is 6.45. The van der Waals surface area contributed by atoms with Gasteiger partial charge in [-0.05, 0) is 41.0 Å². The highest BCUT2D eigenvalue weighted by atomic mass is 16.1. The number of aldehydes is 1. The molecule has 0 heterocycles. The van der Waals surface area contributed by atoms with E-state index in [1.807, 2.05) is 54.6 Å². The number of benzene rings is 3. The van der Waals surface area contributed by atoms with E-state index in [1.165, 1.54) is 5.56 Å². The largest absolute Gasteiger partial charge is 0.327 e. The molecule has 3 N–H and O–H groups in total. The van der Waals surface area contributed by atoms with Crippen molar-refractivity contribution in [1.29, 1.82) is 0 Å². The van der Waals surface area contributed by atoms with Crippen LogP contribution in [0.3, 0.4) is 0 Å². The third-order valence-electron chi connectivity index (χ3n) is 4.77. The first-order valence-corrected chi connectivity index (χ1v) is 8.31. The van der Waals surface area contributed by atoms with Crippen molar-refractivity contribution in [3.05, 3.63) is 77.4 Å². The topological polar surface area (TPSA) is 72.2 Å². The Morgan fingerprint density at radius 1 is 1.04 bits per heavy atom. The maximum Gasteiger partial charge on any atom is 0.256 e. The second kappa shape index (κ2) is 6.15. The average Bonchev–Trinajstić information content (AvgIpc) is 3.38. The van der Waals surface area contributed by atoms with Gasteiger partial charge in [0.1, 0.15) is 0 Å². The minimum Gasteiger partial charge on any atom is -0.327 e. The summed E-state index contributed by atoms with van der Waals surface area (Å²) in [6.07, 6.45) is 1.76. The molecular weight excluding hydrogens is 312 g/mol. The quantitative estimate of drug-likeness (QED) is 0.716. The lowest BCUT2D eigenvalue weighted by Crippen LogP contribution is -2.14. The van der Waals surface area contributed by atoms with E-state index in [4.69, 9.17) is 5.73 Å². The van der Waals surface area contributed by atoms with E-state index >= 15 is 0 Å². The lowest BCUT2D eigenvalue weighted by atomic mass is 9.99. The van der Waals surface area contributed by atoms with Crippen LogP contribution in [0.4, 0.5) is 5.69 Å². The van der Waals surface area contributed by atoms with Crippen LogP contribution >= 0.6 is 0 Å². The molecule has 0 radical (unpaired) electrons. The number of fused-ring (bicyclic) bond motifs is 1. The van der Waals surface area contributed by atoms with E-state index in [-0.39, 0.29) is 11.9 Å². The summed E-state index contributed by atoms with van der Waals surface area (Å²) in [5.74, 6) is 0.149. The van der Waals surface area contributed by atoms with Crippen LogP contribution in [-0.2, 0) is 0 Å². The van der Waals surface area contributed by atoms with Gasteiger partial charge in [0.05, 0.1) is 5.56 Å². The molecule has 4 heteroatoms. The second-order valence-corrected chi connectivity index (χ2v) is 6.45. The van der Waals surface area contributed by atoms with Crippen molar-refractivity contribution in [2.45, 2.75) is 18.4 Å². The highest BCUT2D eigenvalue weighted by Gasteiger charge is 2.34. The summed E-state index contributed by atoms with van der Waals surface area (Å²) in [6.45, 7) is 0.